The molecule has 0 amide bonds. The van der Waals surface area contributed by atoms with Crippen LogP contribution < -0.4 is 0 Å². The first kappa shape index (κ1) is 18.0. The Kier molecular flexibility index (Phi) is 3.81. The molecule has 0 spiro atoms. The predicted octanol–water partition coefficient (Wildman–Crippen LogP) is 5.08. The van der Waals surface area contributed by atoms with Gasteiger partial charge in [0.1, 0.15) is 11.3 Å². The van der Waals surface area contributed by atoms with Crippen molar-refractivity contribution in [1.82, 2.24) is 34.7 Å². The van der Waals surface area contributed by atoms with Gasteiger partial charge in [-0.1, -0.05) is 12.1 Å². The number of fused-ring (bicyclic) bond motifs is 2. The molecule has 0 radical (unpaired) electrons. The zero-order valence-electron chi connectivity index (χ0n) is 16.6. The monoisotopic (exact) mass is 429 g/mol. The first-order chi connectivity index (χ1) is 15.1. The van der Waals surface area contributed by atoms with E-state index in [9.17, 15) is 4.39 Å². The summed E-state index contributed by atoms with van der Waals surface area (Å²) in [6.45, 7) is 1.96. The smallest absolute Gasteiger partial charge is 0.176 e. The second-order valence-corrected chi connectivity index (χ2v) is 8.34. The van der Waals surface area contributed by atoms with Gasteiger partial charge in [0, 0.05) is 17.5 Å². The molecule has 9 heteroatoms. The van der Waals surface area contributed by atoms with E-state index >= 15 is 0 Å². The van der Waals surface area contributed by atoms with E-state index in [1.807, 2.05) is 55.1 Å². The third-order valence-corrected chi connectivity index (χ3v) is 6.37. The SMILES string of the molecule is Cc1ncc(-c2ccc3[nH]nc(-c4nc5c(-c6ccc(F)s6)cccc5[nH]4)c3n2)n1C. The van der Waals surface area contributed by atoms with Crippen LogP contribution in [0.5, 0.6) is 0 Å². The van der Waals surface area contributed by atoms with Gasteiger partial charge in [0.05, 0.1) is 34.1 Å². The van der Waals surface area contributed by atoms with Gasteiger partial charge in [0.2, 0.25) is 0 Å². The molecular formula is C22H16FN7S. The number of aromatic amines is 2. The summed E-state index contributed by atoms with van der Waals surface area (Å²) >= 11 is 1.10. The average molecular weight is 429 g/mol. The number of H-pyrrole nitrogens is 2. The summed E-state index contributed by atoms with van der Waals surface area (Å²) in [6, 6.07) is 13.0. The number of imidazole rings is 2. The molecule has 0 aliphatic rings. The molecule has 0 aliphatic carbocycles. The van der Waals surface area contributed by atoms with Crippen LogP contribution in [0.1, 0.15) is 5.82 Å². The molecule has 0 fully saturated rings. The number of thiophene rings is 1. The second-order valence-electron chi connectivity index (χ2n) is 7.31. The molecule has 0 unspecified atom stereocenters. The van der Waals surface area contributed by atoms with Crippen molar-refractivity contribution < 1.29 is 4.39 Å². The lowest BCUT2D eigenvalue weighted by atomic mass is 10.1. The summed E-state index contributed by atoms with van der Waals surface area (Å²) in [5, 5.41) is 7.29. The third-order valence-electron chi connectivity index (χ3n) is 5.47. The Hall–Kier alpha value is -3.85. The van der Waals surface area contributed by atoms with E-state index in [0.29, 0.717) is 11.5 Å². The average Bonchev–Trinajstić information content (AvgIpc) is 3.54. The van der Waals surface area contributed by atoms with Crippen molar-refractivity contribution in [2.45, 2.75) is 6.92 Å². The molecule has 0 bridgehead atoms. The van der Waals surface area contributed by atoms with Crippen molar-refractivity contribution in [1.29, 1.82) is 0 Å². The van der Waals surface area contributed by atoms with E-state index in [1.54, 1.807) is 6.07 Å². The van der Waals surface area contributed by atoms with Crippen molar-refractivity contribution in [3.63, 3.8) is 0 Å². The quantitative estimate of drug-likeness (QED) is 0.411. The van der Waals surface area contributed by atoms with Crippen LogP contribution in [0.25, 0.3) is 55.4 Å². The molecule has 0 saturated carbocycles. The molecular weight excluding hydrogens is 413 g/mol. The number of nitrogens with zero attached hydrogens (tertiary/aromatic N) is 5. The van der Waals surface area contributed by atoms with E-state index in [4.69, 9.17) is 9.97 Å². The number of benzene rings is 1. The highest BCUT2D eigenvalue weighted by Gasteiger charge is 2.18. The lowest BCUT2D eigenvalue weighted by Gasteiger charge is -2.03. The molecule has 31 heavy (non-hydrogen) atoms. The van der Waals surface area contributed by atoms with E-state index in [2.05, 4.69) is 20.2 Å². The minimum absolute atomic E-state index is 0.219. The molecule has 5 aromatic heterocycles. The lowest BCUT2D eigenvalue weighted by molar-refractivity contribution is 0.657. The number of aryl methyl sites for hydroxylation is 1. The standard InChI is InChI=1S/C22H16FN7S/c1-11-24-10-16(30(11)2)13-6-7-15-20(25-13)21(29-28-15)22-26-14-5-3-4-12(19(14)27-22)17-8-9-18(23)31-17/h3-10H,1-2H3,(H,26,27)(H,28,29). The molecule has 6 rings (SSSR count). The molecule has 0 saturated heterocycles. The van der Waals surface area contributed by atoms with E-state index in [0.717, 1.165) is 61.1 Å². The Morgan fingerprint density at radius 2 is 1.90 bits per heavy atom. The van der Waals surface area contributed by atoms with Crippen LogP contribution in [0.4, 0.5) is 4.39 Å². The number of hydrogen-bond donors (Lipinski definition) is 2. The minimum atomic E-state index is -0.219. The highest BCUT2D eigenvalue weighted by Crippen LogP contribution is 2.34. The number of nitrogens with one attached hydrogen (secondary N) is 2. The van der Waals surface area contributed by atoms with Crippen LogP contribution in [-0.2, 0) is 7.05 Å². The maximum atomic E-state index is 13.6. The molecule has 2 N–H and O–H groups in total. The molecule has 1 aromatic carbocycles. The Bertz CT molecular complexity index is 1590. The fourth-order valence-corrected chi connectivity index (χ4v) is 4.51. The molecule has 0 aliphatic heterocycles. The Balaban J connectivity index is 1.52. The molecule has 7 nitrogen and oxygen atoms in total. The summed E-state index contributed by atoms with van der Waals surface area (Å²) in [5.74, 6) is 1.52. The normalized spacial score (nSPS) is 11.7. The summed E-state index contributed by atoms with van der Waals surface area (Å²) in [4.78, 5) is 18.2. The Labute approximate surface area is 179 Å². The van der Waals surface area contributed by atoms with Crippen LogP contribution in [-0.4, -0.2) is 34.7 Å². The summed E-state index contributed by atoms with van der Waals surface area (Å²) in [5.41, 5.74) is 6.42. The number of hydrogen-bond acceptors (Lipinski definition) is 5. The van der Waals surface area contributed by atoms with Crippen LogP contribution in [0.2, 0.25) is 0 Å². The molecule has 5 heterocycles. The fourth-order valence-electron chi connectivity index (χ4n) is 3.75. The number of para-hydroxylation sites is 1. The van der Waals surface area contributed by atoms with Crippen LogP contribution in [0, 0.1) is 12.1 Å². The summed E-state index contributed by atoms with van der Waals surface area (Å²) in [7, 11) is 1.97. The zero-order valence-corrected chi connectivity index (χ0v) is 17.5. The topological polar surface area (TPSA) is 88.1 Å². The van der Waals surface area contributed by atoms with Crippen molar-refractivity contribution in [3.8, 4) is 33.3 Å². The van der Waals surface area contributed by atoms with E-state index < -0.39 is 0 Å². The first-order valence-corrected chi connectivity index (χ1v) is 10.5. The van der Waals surface area contributed by atoms with Gasteiger partial charge < -0.3 is 9.55 Å². The zero-order chi connectivity index (χ0) is 21.1. The van der Waals surface area contributed by atoms with Crippen molar-refractivity contribution >= 4 is 33.4 Å². The van der Waals surface area contributed by atoms with Crippen molar-refractivity contribution in [3.05, 3.63) is 59.6 Å². The number of rotatable bonds is 3. The molecule has 152 valence electrons. The van der Waals surface area contributed by atoms with Crippen molar-refractivity contribution in [2.75, 3.05) is 0 Å². The van der Waals surface area contributed by atoms with Crippen molar-refractivity contribution in [2.24, 2.45) is 7.05 Å². The number of halogens is 1. The van der Waals surface area contributed by atoms with Crippen LogP contribution in [0.15, 0.2) is 48.7 Å². The van der Waals surface area contributed by atoms with Gasteiger partial charge in [-0.15, -0.1) is 11.3 Å². The van der Waals surface area contributed by atoms with Gasteiger partial charge in [0.15, 0.2) is 16.6 Å². The largest absolute Gasteiger partial charge is 0.336 e. The Morgan fingerprint density at radius 3 is 2.68 bits per heavy atom. The van der Waals surface area contributed by atoms with Gasteiger partial charge in [-0.2, -0.15) is 9.49 Å². The highest BCUT2D eigenvalue weighted by atomic mass is 32.1. The van der Waals surface area contributed by atoms with Gasteiger partial charge in [0.25, 0.3) is 0 Å². The van der Waals surface area contributed by atoms with Gasteiger partial charge in [-0.3, -0.25) is 5.10 Å². The van der Waals surface area contributed by atoms with E-state index in [-0.39, 0.29) is 5.13 Å². The van der Waals surface area contributed by atoms with E-state index in [1.165, 1.54) is 6.07 Å². The maximum Gasteiger partial charge on any atom is 0.176 e. The molecule has 0 atom stereocenters. The van der Waals surface area contributed by atoms with Crippen LogP contribution >= 0.6 is 11.3 Å². The molecule has 6 aromatic rings. The maximum absolute atomic E-state index is 13.6. The van der Waals surface area contributed by atoms with Gasteiger partial charge in [-0.05, 0) is 37.3 Å². The summed E-state index contributed by atoms with van der Waals surface area (Å²) in [6.07, 6.45) is 1.82. The second kappa shape index (κ2) is 6.58. The minimum Gasteiger partial charge on any atom is -0.336 e. The van der Waals surface area contributed by atoms with Gasteiger partial charge in [-0.25, -0.2) is 15.0 Å². The summed E-state index contributed by atoms with van der Waals surface area (Å²) < 4.78 is 15.6. The number of aromatic nitrogens is 7. The Morgan fingerprint density at radius 1 is 1.00 bits per heavy atom. The first-order valence-electron chi connectivity index (χ1n) is 9.67. The fraction of sp³-hybridized carbons (Fsp3) is 0.0909. The number of pyridine rings is 1. The highest BCUT2D eigenvalue weighted by molar-refractivity contribution is 7.14. The predicted molar refractivity (Wildman–Crippen MR) is 119 cm³/mol. The van der Waals surface area contributed by atoms with Gasteiger partial charge >= 0.3 is 0 Å². The lowest BCUT2D eigenvalue weighted by Crippen LogP contribution is -1.96. The van der Waals surface area contributed by atoms with Crippen LogP contribution in [0.3, 0.4) is 0 Å². The third kappa shape index (κ3) is 2.77.